The van der Waals surface area contributed by atoms with Gasteiger partial charge < -0.3 is 10.1 Å². The van der Waals surface area contributed by atoms with Gasteiger partial charge >= 0.3 is 5.97 Å². The molecule has 1 aromatic carbocycles. The minimum Gasteiger partial charge on any atom is -0.465 e. The summed E-state index contributed by atoms with van der Waals surface area (Å²) in [7, 11) is 1.35. The topological polar surface area (TPSA) is 55.4 Å². The molecule has 1 amide bonds. The fourth-order valence-corrected chi connectivity index (χ4v) is 2.78. The summed E-state index contributed by atoms with van der Waals surface area (Å²) in [4.78, 5) is 23.3. The molecule has 0 bridgehead atoms. The van der Waals surface area contributed by atoms with Crippen molar-refractivity contribution in [3.8, 4) is 0 Å². The quantitative estimate of drug-likeness (QED) is 0.686. The number of nitrogens with one attached hydrogen (secondary N) is 1. The Bertz CT molecular complexity index is 548. The molecule has 0 aliphatic heterocycles. The minimum absolute atomic E-state index is 0.0594. The van der Waals surface area contributed by atoms with E-state index in [0.29, 0.717) is 11.5 Å². The molecule has 0 unspecified atom stereocenters. The smallest absolute Gasteiger partial charge is 0.337 e. The third-order valence-electron chi connectivity index (χ3n) is 4.20. The monoisotopic (exact) mass is 301 g/mol. The van der Waals surface area contributed by atoms with Crippen molar-refractivity contribution in [3.05, 3.63) is 41.5 Å². The van der Waals surface area contributed by atoms with E-state index in [1.807, 2.05) is 0 Å². The van der Waals surface area contributed by atoms with Gasteiger partial charge in [-0.05, 0) is 42.5 Å². The van der Waals surface area contributed by atoms with Gasteiger partial charge in [0.2, 0.25) is 5.91 Å². The van der Waals surface area contributed by atoms with E-state index in [1.165, 1.54) is 26.4 Å². The van der Waals surface area contributed by atoms with Gasteiger partial charge in [0.05, 0.1) is 12.7 Å². The molecule has 1 saturated carbocycles. The molecular weight excluding hydrogens is 278 g/mol. The fourth-order valence-electron chi connectivity index (χ4n) is 2.78. The molecule has 0 aromatic heterocycles. The van der Waals surface area contributed by atoms with Crippen LogP contribution in [0.1, 0.15) is 48.5 Å². The Balaban J connectivity index is 1.90. The first-order valence-electron chi connectivity index (χ1n) is 7.77. The maximum absolute atomic E-state index is 12.0. The van der Waals surface area contributed by atoms with E-state index in [-0.39, 0.29) is 17.9 Å². The Morgan fingerprint density at radius 1 is 1.18 bits per heavy atom. The molecule has 0 heterocycles. The lowest BCUT2D eigenvalue weighted by Crippen LogP contribution is -2.40. The molecule has 1 N–H and O–H groups in total. The third-order valence-corrected chi connectivity index (χ3v) is 4.20. The predicted molar refractivity (Wildman–Crippen MR) is 86.4 cm³/mol. The van der Waals surface area contributed by atoms with Gasteiger partial charge in [0.1, 0.15) is 0 Å². The average Bonchev–Trinajstić information content (AvgIpc) is 2.55. The Labute approximate surface area is 131 Å². The molecule has 2 rings (SSSR count). The van der Waals surface area contributed by atoms with Crippen LogP contribution in [0.15, 0.2) is 30.3 Å². The van der Waals surface area contributed by atoms with Gasteiger partial charge in [0, 0.05) is 12.1 Å². The van der Waals surface area contributed by atoms with Crippen molar-refractivity contribution in [2.45, 2.75) is 38.6 Å². The zero-order valence-electron chi connectivity index (χ0n) is 13.2. The number of ether oxygens (including phenoxy) is 1. The number of methoxy groups -OCH3 is 1. The number of hydrogen-bond donors (Lipinski definition) is 1. The van der Waals surface area contributed by atoms with Gasteiger partial charge in [-0.3, -0.25) is 4.79 Å². The maximum Gasteiger partial charge on any atom is 0.337 e. The summed E-state index contributed by atoms with van der Waals surface area (Å²) >= 11 is 0. The first-order valence-corrected chi connectivity index (χ1v) is 7.77. The van der Waals surface area contributed by atoms with E-state index in [9.17, 15) is 9.59 Å². The normalized spacial score (nSPS) is 21.5. The van der Waals surface area contributed by atoms with Crippen molar-refractivity contribution in [2.24, 2.45) is 5.92 Å². The van der Waals surface area contributed by atoms with Crippen LogP contribution < -0.4 is 5.32 Å². The molecule has 22 heavy (non-hydrogen) atoms. The molecule has 118 valence electrons. The van der Waals surface area contributed by atoms with Crippen LogP contribution in [-0.4, -0.2) is 25.0 Å². The largest absolute Gasteiger partial charge is 0.465 e. The zero-order chi connectivity index (χ0) is 15.9. The molecule has 4 nitrogen and oxygen atoms in total. The standard InChI is InChI=1S/C18H23NO3/c1-13-5-3-4-6-16(13)19-17(20)12-9-14-7-10-15(11-8-14)18(21)22-2/h7-13,16H,3-6H2,1-2H3,(H,19,20)/b12-9+/t13-,16+/m1/s1. The number of benzene rings is 1. The van der Waals surface area contributed by atoms with Gasteiger partial charge in [-0.2, -0.15) is 0 Å². The summed E-state index contributed by atoms with van der Waals surface area (Å²) in [6.07, 6.45) is 8.00. The summed E-state index contributed by atoms with van der Waals surface area (Å²) in [5, 5.41) is 3.08. The first-order chi connectivity index (χ1) is 10.6. The van der Waals surface area contributed by atoms with E-state index in [0.717, 1.165) is 12.0 Å². The van der Waals surface area contributed by atoms with Gasteiger partial charge in [-0.15, -0.1) is 0 Å². The number of carbonyl (C=O) groups is 2. The highest BCUT2D eigenvalue weighted by Crippen LogP contribution is 2.23. The average molecular weight is 301 g/mol. The highest BCUT2D eigenvalue weighted by atomic mass is 16.5. The summed E-state index contributed by atoms with van der Waals surface area (Å²) in [6.45, 7) is 2.19. The molecule has 2 atom stereocenters. The van der Waals surface area contributed by atoms with Crippen LogP contribution in [0.25, 0.3) is 6.08 Å². The lowest BCUT2D eigenvalue weighted by Gasteiger charge is -2.29. The lowest BCUT2D eigenvalue weighted by atomic mass is 9.86. The molecule has 1 aliphatic rings. The number of hydrogen-bond acceptors (Lipinski definition) is 3. The molecule has 1 fully saturated rings. The second kappa shape index (κ2) is 7.78. The van der Waals surface area contributed by atoms with E-state index in [1.54, 1.807) is 36.4 Å². The summed E-state index contributed by atoms with van der Waals surface area (Å²) < 4.78 is 4.65. The van der Waals surface area contributed by atoms with Crippen molar-refractivity contribution in [2.75, 3.05) is 7.11 Å². The first kappa shape index (κ1) is 16.3. The van der Waals surface area contributed by atoms with E-state index in [4.69, 9.17) is 0 Å². The Morgan fingerprint density at radius 3 is 2.50 bits per heavy atom. The van der Waals surface area contributed by atoms with Gasteiger partial charge in [0.25, 0.3) is 0 Å². The van der Waals surface area contributed by atoms with Crippen molar-refractivity contribution >= 4 is 18.0 Å². The van der Waals surface area contributed by atoms with Gasteiger partial charge in [-0.25, -0.2) is 4.79 Å². The van der Waals surface area contributed by atoms with Gasteiger partial charge in [0.15, 0.2) is 0 Å². The molecule has 1 aromatic rings. The third kappa shape index (κ3) is 4.45. The van der Waals surface area contributed by atoms with E-state index in [2.05, 4.69) is 17.0 Å². The number of rotatable bonds is 4. The van der Waals surface area contributed by atoms with Crippen LogP contribution in [0.5, 0.6) is 0 Å². The van der Waals surface area contributed by atoms with E-state index >= 15 is 0 Å². The van der Waals surface area contributed by atoms with Crippen LogP contribution in [0.4, 0.5) is 0 Å². The van der Waals surface area contributed by atoms with Crippen molar-refractivity contribution in [1.82, 2.24) is 5.32 Å². The number of esters is 1. The second-order valence-electron chi connectivity index (χ2n) is 5.82. The summed E-state index contributed by atoms with van der Waals surface area (Å²) in [6, 6.07) is 7.24. The number of carbonyl (C=O) groups excluding carboxylic acids is 2. The Hall–Kier alpha value is -2.10. The van der Waals surface area contributed by atoms with Gasteiger partial charge in [-0.1, -0.05) is 31.9 Å². The zero-order valence-corrected chi connectivity index (χ0v) is 13.2. The van der Waals surface area contributed by atoms with Crippen molar-refractivity contribution < 1.29 is 14.3 Å². The number of amides is 1. The lowest BCUT2D eigenvalue weighted by molar-refractivity contribution is -0.117. The highest BCUT2D eigenvalue weighted by Gasteiger charge is 2.21. The molecule has 4 heteroatoms. The minimum atomic E-state index is -0.362. The van der Waals surface area contributed by atoms with Crippen LogP contribution in [0, 0.1) is 5.92 Å². The van der Waals surface area contributed by atoms with Crippen LogP contribution in [-0.2, 0) is 9.53 Å². The summed E-state index contributed by atoms with van der Waals surface area (Å²) in [5.41, 5.74) is 1.37. The molecular formula is C18H23NO3. The Morgan fingerprint density at radius 2 is 1.86 bits per heavy atom. The van der Waals surface area contributed by atoms with Crippen LogP contribution >= 0.6 is 0 Å². The fraction of sp³-hybridized carbons (Fsp3) is 0.444. The molecule has 1 aliphatic carbocycles. The van der Waals surface area contributed by atoms with E-state index < -0.39 is 0 Å². The Kier molecular flexibility index (Phi) is 5.75. The maximum atomic E-state index is 12.0. The molecule has 0 radical (unpaired) electrons. The SMILES string of the molecule is COC(=O)c1ccc(/C=C/C(=O)N[C@H]2CCCC[C@H]2C)cc1. The van der Waals surface area contributed by atoms with Crippen LogP contribution in [0.3, 0.4) is 0 Å². The molecule has 0 saturated heterocycles. The molecule has 0 spiro atoms. The summed E-state index contributed by atoms with van der Waals surface area (Å²) in [5.74, 6) is 0.126. The predicted octanol–water partition coefficient (Wildman–Crippen LogP) is 3.18. The van der Waals surface area contributed by atoms with Crippen LogP contribution in [0.2, 0.25) is 0 Å². The van der Waals surface area contributed by atoms with Crippen molar-refractivity contribution in [3.63, 3.8) is 0 Å². The van der Waals surface area contributed by atoms with Crippen molar-refractivity contribution in [1.29, 1.82) is 0 Å². The highest BCUT2D eigenvalue weighted by molar-refractivity contribution is 5.92. The second-order valence-corrected chi connectivity index (χ2v) is 5.82.